The summed E-state index contributed by atoms with van der Waals surface area (Å²) in [6.45, 7) is 9.09. The molecule has 26 heavy (non-hydrogen) atoms. The van der Waals surface area contributed by atoms with Crippen molar-refractivity contribution in [1.82, 2.24) is 15.3 Å². The van der Waals surface area contributed by atoms with Crippen LogP contribution in [0.3, 0.4) is 0 Å². The summed E-state index contributed by atoms with van der Waals surface area (Å²) < 4.78 is 0. The molecule has 144 valence electrons. The average molecular weight is 360 g/mol. The minimum Gasteiger partial charge on any atom is -0.300 e. The van der Waals surface area contributed by atoms with Gasteiger partial charge in [-0.3, -0.25) is 19.8 Å². The average Bonchev–Trinajstić information content (AvgIpc) is 2.65. The molecule has 0 unspecified atom stereocenters. The molecule has 1 amide bonds. The van der Waals surface area contributed by atoms with Crippen LogP contribution < -0.4 is 5.48 Å². The second-order valence-electron chi connectivity index (χ2n) is 8.27. The Kier molecular flexibility index (Phi) is 6.68. The number of nitrogens with one attached hydrogen (secondary N) is 1. The predicted molar refractivity (Wildman–Crippen MR) is 103 cm³/mol. The molecule has 0 aromatic heterocycles. The number of hydrogen-bond acceptors (Lipinski definition) is 4. The predicted octanol–water partition coefficient (Wildman–Crippen LogP) is 2.89. The Balaban J connectivity index is 1.48. The number of hydroxylamine groups is 1. The fraction of sp³-hybridized carbons (Fsp3) is 0.667. The van der Waals surface area contributed by atoms with Crippen molar-refractivity contribution in [3.63, 3.8) is 0 Å². The Morgan fingerprint density at radius 3 is 2.27 bits per heavy atom. The van der Waals surface area contributed by atoms with Gasteiger partial charge in [-0.05, 0) is 51.0 Å². The molecule has 0 spiro atoms. The highest BCUT2D eigenvalue weighted by atomic mass is 16.5. The minimum atomic E-state index is -0.208. The van der Waals surface area contributed by atoms with Crippen LogP contribution in [0.2, 0.25) is 0 Å². The Labute approximate surface area is 157 Å². The van der Waals surface area contributed by atoms with Crippen molar-refractivity contribution < 1.29 is 10.0 Å². The molecule has 1 heterocycles. The van der Waals surface area contributed by atoms with E-state index >= 15 is 0 Å². The molecule has 2 atom stereocenters. The largest absolute Gasteiger partial charge is 0.300 e. The lowest BCUT2D eigenvalue weighted by Crippen LogP contribution is -2.57. The van der Waals surface area contributed by atoms with Crippen LogP contribution in [0.5, 0.6) is 0 Å². The zero-order chi connectivity index (χ0) is 18.5. The number of amides is 1. The molecule has 5 nitrogen and oxygen atoms in total. The first kappa shape index (κ1) is 19.3. The van der Waals surface area contributed by atoms with Gasteiger partial charge < -0.3 is 0 Å². The summed E-state index contributed by atoms with van der Waals surface area (Å²) in [6, 6.07) is 11.8. The summed E-state index contributed by atoms with van der Waals surface area (Å²) in [4.78, 5) is 16.8. The molecule has 5 heteroatoms. The summed E-state index contributed by atoms with van der Waals surface area (Å²) in [6.07, 6.45) is 3.97. The first-order valence-corrected chi connectivity index (χ1v) is 10.0. The van der Waals surface area contributed by atoms with Gasteiger partial charge in [0.2, 0.25) is 5.91 Å². The normalized spacial score (nSPS) is 30.9. The van der Waals surface area contributed by atoms with Crippen molar-refractivity contribution in [2.75, 3.05) is 19.6 Å². The molecule has 1 aliphatic carbocycles. The number of nitrogens with zero attached hydrogens (tertiary/aromatic N) is 2. The second-order valence-corrected chi connectivity index (χ2v) is 8.27. The highest BCUT2D eigenvalue weighted by Crippen LogP contribution is 2.30. The van der Waals surface area contributed by atoms with E-state index in [-0.39, 0.29) is 11.8 Å². The molecule has 1 aromatic rings. The van der Waals surface area contributed by atoms with Gasteiger partial charge in [0.1, 0.15) is 0 Å². The van der Waals surface area contributed by atoms with E-state index in [0.717, 1.165) is 51.9 Å². The Hall–Kier alpha value is -1.43. The van der Waals surface area contributed by atoms with E-state index in [1.807, 2.05) is 5.48 Å². The lowest BCUT2D eigenvalue weighted by molar-refractivity contribution is -0.134. The Morgan fingerprint density at radius 2 is 1.69 bits per heavy atom. The van der Waals surface area contributed by atoms with Crippen LogP contribution in [0.4, 0.5) is 0 Å². The summed E-state index contributed by atoms with van der Waals surface area (Å²) in [5, 5.41) is 8.79. The zero-order valence-corrected chi connectivity index (χ0v) is 16.1. The minimum absolute atomic E-state index is 0.00295. The van der Waals surface area contributed by atoms with Gasteiger partial charge in [0.05, 0.1) is 0 Å². The van der Waals surface area contributed by atoms with Crippen molar-refractivity contribution in [3.05, 3.63) is 35.9 Å². The van der Waals surface area contributed by atoms with E-state index in [1.165, 1.54) is 5.56 Å². The van der Waals surface area contributed by atoms with E-state index in [9.17, 15) is 4.79 Å². The van der Waals surface area contributed by atoms with Crippen LogP contribution in [-0.2, 0) is 11.3 Å². The van der Waals surface area contributed by atoms with Gasteiger partial charge in [-0.2, -0.15) is 0 Å². The zero-order valence-electron chi connectivity index (χ0n) is 16.1. The van der Waals surface area contributed by atoms with Crippen molar-refractivity contribution >= 4 is 5.91 Å². The van der Waals surface area contributed by atoms with E-state index in [0.29, 0.717) is 18.0 Å². The van der Waals surface area contributed by atoms with Crippen molar-refractivity contribution in [1.29, 1.82) is 0 Å². The van der Waals surface area contributed by atoms with Gasteiger partial charge in [0, 0.05) is 44.2 Å². The number of hydrogen-bond donors (Lipinski definition) is 2. The number of piperazine rings is 1. The molecule has 2 N–H and O–H groups in total. The van der Waals surface area contributed by atoms with Crippen molar-refractivity contribution in [2.24, 2.45) is 11.8 Å². The Morgan fingerprint density at radius 1 is 1.08 bits per heavy atom. The maximum atomic E-state index is 11.6. The number of carbonyl (C=O) groups is 1. The topological polar surface area (TPSA) is 55.8 Å². The standard InChI is InChI=1S/C21H33N3O2/c1-16-12-23(14-19-8-10-20(11-9-19)21(25)22-26)13-17(2)24(16)15-18-6-4-3-5-7-18/h3-7,16-17,19-20,26H,8-15H2,1-2H3,(H,22,25)/t16-,17+,19?,20?. The molecular weight excluding hydrogens is 326 g/mol. The van der Waals surface area contributed by atoms with Gasteiger partial charge in [-0.15, -0.1) is 0 Å². The van der Waals surface area contributed by atoms with E-state index in [1.54, 1.807) is 0 Å². The van der Waals surface area contributed by atoms with Crippen molar-refractivity contribution in [3.8, 4) is 0 Å². The van der Waals surface area contributed by atoms with Crippen LogP contribution in [-0.4, -0.2) is 52.6 Å². The van der Waals surface area contributed by atoms with Gasteiger partial charge in [0.15, 0.2) is 0 Å². The van der Waals surface area contributed by atoms with Crippen LogP contribution in [0.1, 0.15) is 45.1 Å². The number of carbonyl (C=O) groups excluding carboxylic acids is 1. The Bertz CT molecular complexity index is 560. The molecule has 1 aliphatic heterocycles. The van der Waals surface area contributed by atoms with Gasteiger partial charge in [0.25, 0.3) is 0 Å². The fourth-order valence-corrected chi connectivity index (χ4v) is 4.78. The maximum absolute atomic E-state index is 11.6. The SMILES string of the molecule is C[C@@H]1CN(CC2CCC(C(=O)NO)CC2)C[C@H](C)N1Cc1ccccc1. The van der Waals surface area contributed by atoms with Gasteiger partial charge in [-0.1, -0.05) is 30.3 Å². The third-order valence-electron chi connectivity index (χ3n) is 6.23. The lowest BCUT2D eigenvalue weighted by atomic mass is 9.81. The second kappa shape index (κ2) is 8.98. The summed E-state index contributed by atoms with van der Waals surface area (Å²) in [7, 11) is 0. The summed E-state index contributed by atoms with van der Waals surface area (Å²) >= 11 is 0. The molecule has 1 saturated heterocycles. The summed E-state index contributed by atoms with van der Waals surface area (Å²) in [5.74, 6) is 0.467. The fourth-order valence-electron chi connectivity index (χ4n) is 4.78. The first-order chi connectivity index (χ1) is 12.6. The molecule has 3 rings (SSSR count). The first-order valence-electron chi connectivity index (χ1n) is 10.0. The monoisotopic (exact) mass is 359 g/mol. The van der Waals surface area contributed by atoms with Gasteiger partial charge >= 0.3 is 0 Å². The smallest absolute Gasteiger partial charge is 0.246 e. The molecule has 0 radical (unpaired) electrons. The third-order valence-corrected chi connectivity index (χ3v) is 6.23. The van der Waals surface area contributed by atoms with E-state index in [2.05, 4.69) is 54.0 Å². The van der Waals surface area contributed by atoms with Crippen LogP contribution >= 0.6 is 0 Å². The highest BCUT2D eigenvalue weighted by molar-refractivity contribution is 5.77. The molecule has 2 fully saturated rings. The van der Waals surface area contributed by atoms with E-state index in [4.69, 9.17) is 5.21 Å². The lowest BCUT2D eigenvalue weighted by Gasteiger charge is -2.46. The third kappa shape index (κ3) is 4.84. The van der Waals surface area contributed by atoms with Crippen LogP contribution in [0.25, 0.3) is 0 Å². The molecule has 1 saturated carbocycles. The van der Waals surface area contributed by atoms with Crippen molar-refractivity contribution in [2.45, 2.75) is 58.2 Å². The van der Waals surface area contributed by atoms with Crippen LogP contribution in [0, 0.1) is 11.8 Å². The number of benzene rings is 1. The maximum Gasteiger partial charge on any atom is 0.246 e. The quantitative estimate of drug-likeness (QED) is 0.627. The number of rotatable bonds is 5. The van der Waals surface area contributed by atoms with Crippen LogP contribution in [0.15, 0.2) is 30.3 Å². The highest BCUT2D eigenvalue weighted by Gasteiger charge is 2.32. The summed E-state index contributed by atoms with van der Waals surface area (Å²) in [5.41, 5.74) is 3.20. The molecule has 1 aromatic carbocycles. The molecular formula is C21H33N3O2. The van der Waals surface area contributed by atoms with Gasteiger partial charge in [-0.25, -0.2) is 5.48 Å². The van der Waals surface area contributed by atoms with E-state index < -0.39 is 0 Å². The molecule has 2 aliphatic rings. The molecule has 0 bridgehead atoms.